The quantitative estimate of drug-likeness (QED) is 0.917. The van der Waals surface area contributed by atoms with Crippen LogP contribution < -0.4 is 10.5 Å². The molecular weight excluding hydrogens is 268 g/mol. The van der Waals surface area contributed by atoms with Gasteiger partial charge in [0.15, 0.2) is 0 Å². The molecule has 0 unspecified atom stereocenters. The van der Waals surface area contributed by atoms with Gasteiger partial charge in [-0.3, -0.25) is 4.90 Å². The molecule has 0 spiro atoms. The Kier molecular flexibility index (Phi) is 4.21. The van der Waals surface area contributed by atoms with Crippen molar-refractivity contribution in [3.05, 3.63) is 28.7 Å². The number of halogens is 1. The van der Waals surface area contributed by atoms with Crippen molar-refractivity contribution in [2.75, 3.05) is 26.2 Å². The van der Waals surface area contributed by atoms with Gasteiger partial charge in [-0.05, 0) is 31.2 Å². The summed E-state index contributed by atoms with van der Waals surface area (Å²) in [6.07, 6.45) is 1.11. The Morgan fingerprint density at radius 3 is 3.06 bits per heavy atom. The first-order chi connectivity index (χ1) is 7.74. The molecule has 0 amide bonds. The van der Waals surface area contributed by atoms with Crippen LogP contribution in [0.2, 0.25) is 0 Å². The van der Waals surface area contributed by atoms with Crippen LogP contribution in [0.5, 0.6) is 5.75 Å². The Morgan fingerprint density at radius 2 is 2.38 bits per heavy atom. The molecule has 2 rings (SSSR count). The van der Waals surface area contributed by atoms with Gasteiger partial charge in [-0.25, -0.2) is 0 Å². The molecule has 2 N–H and O–H groups in total. The van der Waals surface area contributed by atoms with Crippen molar-refractivity contribution in [1.29, 1.82) is 0 Å². The van der Waals surface area contributed by atoms with Gasteiger partial charge < -0.3 is 10.5 Å². The molecule has 1 saturated heterocycles. The van der Waals surface area contributed by atoms with Crippen LogP contribution in [0.3, 0.4) is 0 Å². The van der Waals surface area contributed by atoms with E-state index < -0.39 is 0 Å². The Morgan fingerprint density at radius 1 is 1.50 bits per heavy atom. The minimum Gasteiger partial charge on any atom is -0.492 e. The number of hydrogen-bond donors (Lipinski definition) is 1. The molecule has 0 radical (unpaired) electrons. The third-order valence-electron chi connectivity index (χ3n) is 2.78. The summed E-state index contributed by atoms with van der Waals surface area (Å²) in [5.41, 5.74) is 5.84. The molecule has 88 valence electrons. The molecular formula is C12H17BrN2O. The van der Waals surface area contributed by atoms with E-state index in [0.717, 1.165) is 42.9 Å². The SMILES string of the molecule is N[C@@H]1CCN(CCOc2cccc(Br)c2)C1. The van der Waals surface area contributed by atoms with Gasteiger partial charge in [0.1, 0.15) is 12.4 Å². The van der Waals surface area contributed by atoms with Crippen LogP contribution in [-0.4, -0.2) is 37.2 Å². The number of benzene rings is 1. The highest BCUT2D eigenvalue weighted by Crippen LogP contribution is 2.17. The van der Waals surface area contributed by atoms with Crippen molar-refractivity contribution >= 4 is 15.9 Å². The van der Waals surface area contributed by atoms with Gasteiger partial charge in [-0.2, -0.15) is 0 Å². The summed E-state index contributed by atoms with van der Waals surface area (Å²) >= 11 is 3.42. The number of nitrogens with zero attached hydrogens (tertiary/aromatic N) is 1. The van der Waals surface area contributed by atoms with Crippen LogP contribution in [-0.2, 0) is 0 Å². The molecule has 1 aliphatic rings. The normalized spacial score (nSPS) is 21.2. The average molecular weight is 285 g/mol. The first-order valence-electron chi connectivity index (χ1n) is 5.60. The third kappa shape index (κ3) is 3.47. The highest BCUT2D eigenvalue weighted by atomic mass is 79.9. The summed E-state index contributed by atoms with van der Waals surface area (Å²) in [4.78, 5) is 2.35. The van der Waals surface area contributed by atoms with E-state index in [1.165, 1.54) is 0 Å². The zero-order chi connectivity index (χ0) is 11.4. The molecule has 1 aromatic rings. The van der Waals surface area contributed by atoms with Crippen molar-refractivity contribution in [2.45, 2.75) is 12.5 Å². The first kappa shape index (κ1) is 11.9. The summed E-state index contributed by atoms with van der Waals surface area (Å²) in [6, 6.07) is 8.28. The minimum atomic E-state index is 0.353. The highest BCUT2D eigenvalue weighted by Gasteiger charge is 2.18. The third-order valence-corrected chi connectivity index (χ3v) is 3.27. The van der Waals surface area contributed by atoms with Gasteiger partial charge in [0.05, 0.1) is 0 Å². The fourth-order valence-electron chi connectivity index (χ4n) is 1.92. The molecule has 1 atom stereocenters. The van der Waals surface area contributed by atoms with Crippen molar-refractivity contribution in [1.82, 2.24) is 4.90 Å². The van der Waals surface area contributed by atoms with Crippen LogP contribution in [0.15, 0.2) is 28.7 Å². The van der Waals surface area contributed by atoms with E-state index >= 15 is 0 Å². The molecule has 0 bridgehead atoms. The predicted octanol–water partition coefficient (Wildman–Crippen LogP) is 1.86. The molecule has 1 aliphatic heterocycles. The monoisotopic (exact) mass is 284 g/mol. The largest absolute Gasteiger partial charge is 0.492 e. The van der Waals surface area contributed by atoms with Crippen LogP contribution >= 0.6 is 15.9 Å². The van der Waals surface area contributed by atoms with Crippen LogP contribution in [0.4, 0.5) is 0 Å². The van der Waals surface area contributed by atoms with Gasteiger partial charge in [-0.1, -0.05) is 22.0 Å². The lowest BCUT2D eigenvalue weighted by Crippen LogP contribution is -2.29. The van der Waals surface area contributed by atoms with Crippen molar-refractivity contribution < 1.29 is 4.74 Å². The molecule has 1 fully saturated rings. The first-order valence-corrected chi connectivity index (χ1v) is 6.39. The lowest BCUT2D eigenvalue weighted by atomic mass is 10.3. The molecule has 16 heavy (non-hydrogen) atoms. The maximum atomic E-state index is 5.84. The fraction of sp³-hybridized carbons (Fsp3) is 0.500. The van der Waals surface area contributed by atoms with Gasteiger partial charge in [0, 0.05) is 23.6 Å². The molecule has 1 aromatic carbocycles. The summed E-state index contributed by atoms with van der Waals surface area (Å²) in [5, 5.41) is 0. The molecule has 0 aromatic heterocycles. The van der Waals surface area contributed by atoms with Crippen molar-refractivity contribution in [3.8, 4) is 5.75 Å². The number of hydrogen-bond acceptors (Lipinski definition) is 3. The van der Waals surface area contributed by atoms with E-state index in [4.69, 9.17) is 10.5 Å². The van der Waals surface area contributed by atoms with E-state index in [1.807, 2.05) is 24.3 Å². The van der Waals surface area contributed by atoms with E-state index in [1.54, 1.807) is 0 Å². The predicted molar refractivity (Wildman–Crippen MR) is 68.7 cm³/mol. The summed E-state index contributed by atoms with van der Waals surface area (Å²) < 4.78 is 6.72. The smallest absolute Gasteiger partial charge is 0.120 e. The zero-order valence-corrected chi connectivity index (χ0v) is 10.8. The molecule has 0 saturated carbocycles. The Balaban J connectivity index is 1.72. The second kappa shape index (κ2) is 5.66. The van der Waals surface area contributed by atoms with Gasteiger partial charge >= 0.3 is 0 Å². The van der Waals surface area contributed by atoms with Gasteiger partial charge in [0.2, 0.25) is 0 Å². The second-order valence-electron chi connectivity index (χ2n) is 4.16. The average Bonchev–Trinajstić information content (AvgIpc) is 2.64. The number of nitrogens with two attached hydrogens (primary N) is 1. The Hall–Kier alpha value is -0.580. The molecule has 3 nitrogen and oxygen atoms in total. The van der Waals surface area contributed by atoms with Crippen molar-refractivity contribution in [2.24, 2.45) is 5.73 Å². The van der Waals surface area contributed by atoms with E-state index in [0.29, 0.717) is 6.04 Å². The van der Waals surface area contributed by atoms with Crippen LogP contribution in [0.1, 0.15) is 6.42 Å². The van der Waals surface area contributed by atoms with Crippen LogP contribution in [0, 0.1) is 0 Å². The molecule has 1 heterocycles. The maximum Gasteiger partial charge on any atom is 0.120 e. The summed E-state index contributed by atoms with van der Waals surface area (Å²) in [7, 11) is 0. The molecule has 4 heteroatoms. The maximum absolute atomic E-state index is 5.84. The highest BCUT2D eigenvalue weighted by molar-refractivity contribution is 9.10. The Labute approximate surface area is 105 Å². The zero-order valence-electron chi connectivity index (χ0n) is 9.23. The number of ether oxygens (including phenoxy) is 1. The molecule has 0 aliphatic carbocycles. The standard InChI is InChI=1S/C12H17BrN2O/c13-10-2-1-3-12(8-10)16-7-6-15-5-4-11(14)9-15/h1-3,8,11H,4-7,9,14H2/t11-/m1/s1. The second-order valence-corrected chi connectivity index (χ2v) is 5.07. The van der Waals surface area contributed by atoms with Gasteiger partial charge in [0.25, 0.3) is 0 Å². The number of rotatable bonds is 4. The van der Waals surface area contributed by atoms with E-state index in [2.05, 4.69) is 20.8 Å². The van der Waals surface area contributed by atoms with Crippen molar-refractivity contribution in [3.63, 3.8) is 0 Å². The van der Waals surface area contributed by atoms with Crippen LogP contribution in [0.25, 0.3) is 0 Å². The minimum absolute atomic E-state index is 0.353. The lowest BCUT2D eigenvalue weighted by molar-refractivity contribution is 0.236. The fourth-order valence-corrected chi connectivity index (χ4v) is 2.29. The summed E-state index contributed by atoms with van der Waals surface area (Å²) in [5.74, 6) is 0.915. The summed E-state index contributed by atoms with van der Waals surface area (Å²) in [6.45, 7) is 3.79. The van der Waals surface area contributed by atoms with Gasteiger partial charge in [-0.15, -0.1) is 0 Å². The number of likely N-dealkylation sites (tertiary alicyclic amines) is 1. The Bertz CT molecular complexity index is 346. The van der Waals surface area contributed by atoms with E-state index in [9.17, 15) is 0 Å². The van der Waals surface area contributed by atoms with E-state index in [-0.39, 0.29) is 0 Å². The lowest BCUT2D eigenvalue weighted by Gasteiger charge is -2.15. The topological polar surface area (TPSA) is 38.5 Å².